The zero-order valence-corrected chi connectivity index (χ0v) is 17.2. The van der Waals surface area contributed by atoms with Gasteiger partial charge in [-0.2, -0.15) is 65.9 Å². The second kappa shape index (κ2) is 8.45. The van der Waals surface area contributed by atoms with E-state index in [1.54, 1.807) is 0 Å². The summed E-state index contributed by atoms with van der Waals surface area (Å²) >= 11 is 0. The molecule has 0 bridgehead atoms. The topological polar surface area (TPSA) is 57.2 Å². The Balaban J connectivity index is 0. The molecule has 170 valence electrons. The number of alkyl halides is 15. The summed E-state index contributed by atoms with van der Waals surface area (Å²) in [6.07, 6.45) is -12.1. The van der Waals surface area contributed by atoms with Crippen molar-refractivity contribution in [3.8, 4) is 0 Å². The Morgan fingerprint density at radius 2 is 0.862 bits per heavy atom. The monoisotopic (exact) mass is 516 g/mol. The molecule has 0 aliphatic rings. The fourth-order valence-electron chi connectivity index (χ4n) is 1.42. The quantitative estimate of drug-likeness (QED) is 0.280. The third-order valence-corrected chi connectivity index (χ3v) is 3.93. The smallest absolute Gasteiger partial charge is 0.743 e. The Labute approximate surface area is 193 Å². The van der Waals surface area contributed by atoms with Crippen molar-refractivity contribution in [2.24, 2.45) is 0 Å². The number of hydrogen-bond donors (Lipinski definition) is 0. The summed E-state index contributed by atoms with van der Waals surface area (Å²) in [5.74, 6) is -39.5. The van der Waals surface area contributed by atoms with Gasteiger partial charge in [0.2, 0.25) is 0 Å². The normalized spacial score (nSPS) is 15.9. The van der Waals surface area contributed by atoms with Crippen LogP contribution in [0.1, 0.15) is 12.8 Å². The van der Waals surface area contributed by atoms with Gasteiger partial charge in [-0.1, -0.05) is 0 Å². The molecule has 0 aromatic rings. The van der Waals surface area contributed by atoms with Crippen LogP contribution in [-0.4, -0.2) is 54.0 Å². The zero-order valence-electron chi connectivity index (χ0n) is 13.2. The van der Waals surface area contributed by atoms with E-state index in [0.29, 0.717) is 0 Å². The van der Waals surface area contributed by atoms with Gasteiger partial charge in [0.25, 0.3) is 0 Å². The first-order valence-corrected chi connectivity index (χ1v) is 7.40. The Kier molecular flexibility index (Phi) is 9.23. The standard InChI is InChI=1S/C9H5F15O3S.K/c10-3(11,1-2-4(12,13)14)5(15,16)6(17,18)7(19,20)8(21,22)9(23,24)28(25,26)27;/h1-2H2,(H,25,26,27);/q;+1/p-1. The minimum Gasteiger partial charge on any atom is -0.743 e. The number of halogens is 15. The molecule has 0 atom stereocenters. The van der Waals surface area contributed by atoms with Gasteiger partial charge < -0.3 is 4.55 Å². The van der Waals surface area contributed by atoms with E-state index in [4.69, 9.17) is 0 Å². The van der Waals surface area contributed by atoms with Crippen molar-refractivity contribution in [3.63, 3.8) is 0 Å². The summed E-state index contributed by atoms with van der Waals surface area (Å²) in [4.78, 5) is 0. The van der Waals surface area contributed by atoms with E-state index in [-0.39, 0.29) is 51.4 Å². The molecule has 0 aliphatic carbocycles. The van der Waals surface area contributed by atoms with Crippen LogP contribution in [0, 0.1) is 0 Å². The van der Waals surface area contributed by atoms with Gasteiger partial charge in [-0.25, -0.2) is 8.42 Å². The average molecular weight is 516 g/mol. The van der Waals surface area contributed by atoms with Gasteiger partial charge in [-0.05, 0) is 0 Å². The Morgan fingerprint density at radius 3 is 1.14 bits per heavy atom. The van der Waals surface area contributed by atoms with E-state index in [0.717, 1.165) is 0 Å². The van der Waals surface area contributed by atoms with E-state index in [2.05, 4.69) is 0 Å². The zero-order chi connectivity index (χ0) is 23.4. The molecule has 0 rings (SSSR count). The van der Waals surface area contributed by atoms with E-state index >= 15 is 0 Å². The molecule has 0 N–H and O–H groups in total. The van der Waals surface area contributed by atoms with Gasteiger partial charge in [0.15, 0.2) is 10.1 Å². The molecule has 0 fully saturated rings. The minimum atomic E-state index is -8.36. The molecule has 0 heterocycles. The van der Waals surface area contributed by atoms with E-state index < -0.39 is 64.0 Å². The maximum Gasteiger partial charge on any atom is 1.00 e. The SMILES string of the molecule is O=S(=O)([O-])C(F)(F)C(F)(F)C(F)(F)C(F)(F)C(F)(F)C(F)(F)CCC(F)(F)F.[K+]. The van der Waals surface area contributed by atoms with Crippen molar-refractivity contribution in [3.05, 3.63) is 0 Å². The number of rotatable bonds is 8. The summed E-state index contributed by atoms with van der Waals surface area (Å²) in [5.41, 5.74) is 0. The summed E-state index contributed by atoms with van der Waals surface area (Å²) in [6.45, 7) is 0. The predicted molar refractivity (Wildman–Crippen MR) is 54.7 cm³/mol. The first-order valence-electron chi connectivity index (χ1n) is 6.00. The third kappa shape index (κ3) is 5.29. The molecular weight excluding hydrogens is 512 g/mol. The molecule has 20 heteroatoms. The molecule has 0 unspecified atom stereocenters. The molecular formula is C9H4F15KO3S. The van der Waals surface area contributed by atoms with Gasteiger partial charge >= 0.3 is 92.4 Å². The summed E-state index contributed by atoms with van der Waals surface area (Å²) in [5, 5.41) is -7.70. The van der Waals surface area contributed by atoms with Crippen molar-refractivity contribution in [2.75, 3.05) is 0 Å². The van der Waals surface area contributed by atoms with Crippen LogP contribution < -0.4 is 51.4 Å². The van der Waals surface area contributed by atoms with Crippen molar-refractivity contribution in [1.82, 2.24) is 0 Å². The largest absolute Gasteiger partial charge is 1.00 e. The summed E-state index contributed by atoms with van der Waals surface area (Å²) in [7, 11) is -7.94. The Bertz CT molecular complexity index is 684. The molecule has 0 aliphatic heterocycles. The predicted octanol–water partition coefficient (Wildman–Crippen LogP) is 1.65. The van der Waals surface area contributed by atoms with Crippen LogP contribution >= 0.6 is 0 Å². The second-order valence-corrected chi connectivity index (χ2v) is 6.51. The summed E-state index contributed by atoms with van der Waals surface area (Å²) in [6, 6.07) is 0. The van der Waals surface area contributed by atoms with Crippen LogP contribution in [0.2, 0.25) is 0 Å². The van der Waals surface area contributed by atoms with Crippen molar-refractivity contribution in [1.29, 1.82) is 0 Å². The van der Waals surface area contributed by atoms with Crippen LogP contribution in [0.3, 0.4) is 0 Å². The van der Waals surface area contributed by atoms with Crippen molar-refractivity contribution >= 4 is 10.1 Å². The van der Waals surface area contributed by atoms with Crippen LogP contribution in [-0.2, 0) is 10.1 Å². The van der Waals surface area contributed by atoms with Crippen LogP contribution in [0.25, 0.3) is 0 Å². The van der Waals surface area contributed by atoms with Gasteiger partial charge in [-0.3, -0.25) is 0 Å². The van der Waals surface area contributed by atoms with Crippen LogP contribution in [0.5, 0.6) is 0 Å². The van der Waals surface area contributed by atoms with Gasteiger partial charge in [0, 0.05) is 12.8 Å². The average Bonchev–Trinajstić information content (AvgIpc) is 2.42. The molecule has 29 heavy (non-hydrogen) atoms. The molecule has 0 amide bonds. The Hall–Kier alpha value is 0.496. The maximum atomic E-state index is 13.1. The van der Waals surface area contributed by atoms with E-state index in [1.165, 1.54) is 0 Å². The summed E-state index contributed by atoms with van der Waals surface area (Å²) < 4.78 is 221. The Morgan fingerprint density at radius 1 is 0.552 bits per heavy atom. The van der Waals surface area contributed by atoms with E-state index in [9.17, 15) is 78.8 Å². The number of hydrogen-bond acceptors (Lipinski definition) is 3. The fraction of sp³-hybridized carbons (Fsp3) is 1.00. The van der Waals surface area contributed by atoms with E-state index in [1.807, 2.05) is 0 Å². The molecule has 0 radical (unpaired) electrons. The van der Waals surface area contributed by atoms with Gasteiger partial charge in [0.05, 0.1) is 0 Å². The fourth-order valence-corrected chi connectivity index (χ4v) is 1.86. The minimum absolute atomic E-state index is 0. The van der Waals surface area contributed by atoms with Crippen molar-refractivity contribution < 1.29 is 130 Å². The van der Waals surface area contributed by atoms with Crippen molar-refractivity contribution in [2.45, 2.75) is 53.9 Å². The van der Waals surface area contributed by atoms with Crippen LogP contribution in [0.15, 0.2) is 0 Å². The third-order valence-electron chi connectivity index (χ3n) is 3.04. The first kappa shape index (κ1) is 31.7. The molecule has 0 saturated heterocycles. The molecule has 0 spiro atoms. The molecule has 3 nitrogen and oxygen atoms in total. The first-order chi connectivity index (χ1) is 11.7. The molecule has 0 saturated carbocycles. The second-order valence-electron chi connectivity index (χ2n) is 5.09. The molecule has 0 aromatic heterocycles. The van der Waals surface area contributed by atoms with Gasteiger partial charge in [0.1, 0.15) is 0 Å². The maximum absolute atomic E-state index is 13.1. The van der Waals surface area contributed by atoms with Crippen LogP contribution in [0.4, 0.5) is 65.9 Å². The van der Waals surface area contributed by atoms with Gasteiger partial charge in [-0.15, -0.1) is 0 Å². The molecule has 0 aromatic carbocycles.